The van der Waals surface area contributed by atoms with Crippen LogP contribution in [0.3, 0.4) is 0 Å². The lowest BCUT2D eigenvalue weighted by Gasteiger charge is -2.25. The van der Waals surface area contributed by atoms with E-state index >= 15 is 0 Å². The van der Waals surface area contributed by atoms with Crippen LogP contribution in [0.15, 0.2) is 60.8 Å². The Hall–Kier alpha value is -2.79. The number of hydrogen-bond acceptors (Lipinski definition) is 3. The van der Waals surface area contributed by atoms with Gasteiger partial charge in [0.05, 0.1) is 13.2 Å². The molecular weight excluding hydrogens is 338 g/mol. The van der Waals surface area contributed by atoms with E-state index in [0.29, 0.717) is 19.5 Å². The molecule has 3 rings (SSSR count). The molecule has 1 N–H and O–H groups in total. The van der Waals surface area contributed by atoms with Gasteiger partial charge < -0.3 is 19.5 Å². The third kappa shape index (κ3) is 4.68. The molecule has 142 valence electrons. The van der Waals surface area contributed by atoms with Crippen molar-refractivity contribution in [1.82, 2.24) is 14.8 Å². The lowest BCUT2D eigenvalue weighted by molar-refractivity contribution is -0.121. The summed E-state index contributed by atoms with van der Waals surface area (Å²) in [6.45, 7) is 1.25. The van der Waals surface area contributed by atoms with Gasteiger partial charge in [-0.15, -0.1) is 0 Å². The summed E-state index contributed by atoms with van der Waals surface area (Å²) in [6.07, 6.45) is 2.50. The van der Waals surface area contributed by atoms with Crippen LogP contribution in [-0.4, -0.2) is 43.1 Å². The number of hydrogen-bond donors (Lipinski definition) is 1. The summed E-state index contributed by atoms with van der Waals surface area (Å²) in [5, 5.41) is 4.28. The highest BCUT2D eigenvalue weighted by Gasteiger charge is 2.15. The van der Waals surface area contributed by atoms with E-state index in [-0.39, 0.29) is 11.9 Å². The van der Waals surface area contributed by atoms with E-state index in [9.17, 15) is 4.79 Å². The lowest BCUT2D eigenvalue weighted by atomic mass is 10.1. The molecule has 1 heterocycles. The maximum Gasteiger partial charge on any atom is 0.221 e. The van der Waals surface area contributed by atoms with Gasteiger partial charge in [-0.05, 0) is 49.3 Å². The zero-order valence-corrected chi connectivity index (χ0v) is 16.2. The molecule has 0 radical (unpaired) electrons. The largest absolute Gasteiger partial charge is 0.497 e. The molecule has 5 heteroatoms. The van der Waals surface area contributed by atoms with Crippen LogP contribution in [0.25, 0.3) is 10.9 Å². The number of rotatable bonds is 8. The summed E-state index contributed by atoms with van der Waals surface area (Å²) in [5.41, 5.74) is 2.31. The van der Waals surface area contributed by atoms with E-state index < -0.39 is 0 Å². The van der Waals surface area contributed by atoms with Crippen molar-refractivity contribution < 1.29 is 9.53 Å². The second kappa shape index (κ2) is 8.73. The number of carbonyl (C=O) groups excluding carboxylic acids is 1. The summed E-state index contributed by atoms with van der Waals surface area (Å²) in [5.74, 6) is 0.896. The molecule has 0 saturated carbocycles. The third-order valence-electron chi connectivity index (χ3n) is 4.88. The number of methoxy groups -OCH3 is 1. The maximum atomic E-state index is 12.4. The second-order valence-electron chi connectivity index (χ2n) is 6.87. The van der Waals surface area contributed by atoms with Crippen molar-refractivity contribution in [3.8, 4) is 5.75 Å². The molecule has 1 amide bonds. The number of ether oxygens (including phenoxy) is 1. The Kier molecular flexibility index (Phi) is 6.14. The number of benzene rings is 2. The van der Waals surface area contributed by atoms with Crippen LogP contribution in [0.5, 0.6) is 5.75 Å². The van der Waals surface area contributed by atoms with E-state index in [1.807, 2.05) is 56.7 Å². The van der Waals surface area contributed by atoms with Crippen molar-refractivity contribution in [3.05, 3.63) is 66.4 Å². The van der Waals surface area contributed by atoms with Crippen LogP contribution >= 0.6 is 0 Å². The maximum absolute atomic E-state index is 12.4. The zero-order chi connectivity index (χ0) is 19.2. The SMILES string of the molecule is COc1ccc(C(CNC(=O)CCn2ccc3ccccc32)N(C)C)cc1. The first-order chi connectivity index (χ1) is 13.1. The topological polar surface area (TPSA) is 46.5 Å². The Morgan fingerprint density at radius 1 is 1.11 bits per heavy atom. The van der Waals surface area contributed by atoms with Crippen molar-refractivity contribution >= 4 is 16.8 Å². The molecule has 0 bridgehead atoms. The average molecular weight is 365 g/mol. The average Bonchev–Trinajstić information content (AvgIpc) is 3.10. The van der Waals surface area contributed by atoms with Crippen LogP contribution in [-0.2, 0) is 11.3 Å². The summed E-state index contributed by atoms with van der Waals surface area (Å²) in [4.78, 5) is 14.5. The number of aromatic nitrogens is 1. The molecule has 0 aliphatic heterocycles. The lowest BCUT2D eigenvalue weighted by Crippen LogP contribution is -2.34. The minimum absolute atomic E-state index is 0.0631. The van der Waals surface area contributed by atoms with Crippen molar-refractivity contribution in [1.29, 1.82) is 0 Å². The Labute approximate surface area is 160 Å². The molecule has 3 aromatic rings. The van der Waals surface area contributed by atoms with Crippen LogP contribution in [0.2, 0.25) is 0 Å². The van der Waals surface area contributed by atoms with Crippen LogP contribution < -0.4 is 10.1 Å². The molecule has 0 aliphatic rings. The molecule has 0 fully saturated rings. The van der Waals surface area contributed by atoms with Gasteiger partial charge in [-0.2, -0.15) is 0 Å². The fourth-order valence-electron chi connectivity index (χ4n) is 3.28. The summed E-state index contributed by atoms with van der Waals surface area (Å²) in [7, 11) is 5.70. The Bertz CT molecular complexity index is 884. The van der Waals surface area contributed by atoms with Crippen LogP contribution in [0.4, 0.5) is 0 Å². The number of aryl methyl sites for hydroxylation is 1. The number of amides is 1. The standard InChI is InChI=1S/C22H27N3O2/c1-24(2)21(18-8-10-19(27-3)11-9-18)16-23-22(26)13-15-25-14-12-17-6-4-5-7-20(17)25/h4-12,14,21H,13,15-16H2,1-3H3,(H,23,26). The van der Waals surface area contributed by atoms with E-state index in [2.05, 4.69) is 33.0 Å². The highest BCUT2D eigenvalue weighted by Crippen LogP contribution is 2.21. The predicted molar refractivity (Wildman–Crippen MR) is 109 cm³/mol. The second-order valence-corrected chi connectivity index (χ2v) is 6.87. The fourth-order valence-corrected chi connectivity index (χ4v) is 3.28. The molecule has 27 heavy (non-hydrogen) atoms. The fraction of sp³-hybridized carbons (Fsp3) is 0.318. The molecule has 5 nitrogen and oxygen atoms in total. The number of fused-ring (bicyclic) bond motifs is 1. The molecule has 1 atom stereocenters. The Morgan fingerprint density at radius 2 is 1.85 bits per heavy atom. The van der Waals surface area contributed by atoms with Crippen LogP contribution in [0.1, 0.15) is 18.0 Å². The number of likely N-dealkylation sites (N-methyl/N-ethyl adjacent to an activating group) is 1. The first-order valence-electron chi connectivity index (χ1n) is 9.19. The van der Waals surface area contributed by atoms with Gasteiger partial charge in [0.25, 0.3) is 0 Å². The summed E-state index contributed by atoms with van der Waals surface area (Å²) < 4.78 is 7.35. The van der Waals surface area contributed by atoms with E-state index in [0.717, 1.165) is 16.8 Å². The van der Waals surface area contributed by atoms with E-state index in [1.54, 1.807) is 7.11 Å². The van der Waals surface area contributed by atoms with Gasteiger partial charge >= 0.3 is 0 Å². The van der Waals surface area contributed by atoms with Gasteiger partial charge in [-0.1, -0.05) is 30.3 Å². The number of nitrogens with zero attached hydrogens (tertiary/aromatic N) is 2. The van der Waals surface area contributed by atoms with Crippen LogP contribution in [0, 0.1) is 0 Å². The molecule has 1 aromatic heterocycles. The molecule has 0 spiro atoms. The van der Waals surface area contributed by atoms with Gasteiger partial charge in [-0.3, -0.25) is 4.79 Å². The molecule has 0 saturated heterocycles. The van der Waals surface area contributed by atoms with E-state index in [4.69, 9.17) is 4.74 Å². The highest BCUT2D eigenvalue weighted by molar-refractivity contribution is 5.80. The normalized spacial score (nSPS) is 12.3. The molecule has 2 aromatic carbocycles. The quantitative estimate of drug-likeness (QED) is 0.665. The molecular formula is C22H27N3O2. The predicted octanol–water partition coefficient (Wildman–Crippen LogP) is 3.46. The first kappa shape index (κ1) is 19.0. The minimum atomic E-state index is 0.0631. The number of carbonyl (C=O) groups is 1. The minimum Gasteiger partial charge on any atom is -0.497 e. The Morgan fingerprint density at radius 3 is 2.56 bits per heavy atom. The van der Waals surface area contributed by atoms with E-state index in [1.165, 1.54) is 5.39 Å². The van der Waals surface area contributed by atoms with Gasteiger partial charge in [0.2, 0.25) is 5.91 Å². The molecule has 0 aliphatic carbocycles. The van der Waals surface area contributed by atoms with Gasteiger partial charge in [0.15, 0.2) is 0 Å². The summed E-state index contributed by atoms with van der Waals surface area (Å²) in [6, 6.07) is 18.4. The number of nitrogens with one attached hydrogen (secondary N) is 1. The first-order valence-corrected chi connectivity index (χ1v) is 9.19. The summed E-state index contributed by atoms with van der Waals surface area (Å²) >= 11 is 0. The number of para-hydroxylation sites is 1. The highest BCUT2D eigenvalue weighted by atomic mass is 16.5. The van der Waals surface area contributed by atoms with Crippen molar-refractivity contribution in [2.24, 2.45) is 0 Å². The Balaban J connectivity index is 1.56. The van der Waals surface area contributed by atoms with Gasteiger partial charge in [0, 0.05) is 31.2 Å². The van der Waals surface area contributed by atoms with Gasteiger partial charge in [-0.25, -0.2) is 0 Å². The monoisotopic (exact) mass is 365 g/mol. The zero-order valence-electron chi connectivity index (χ0n) is 16.2. The van der Waals surface area contributed by atoms with Crippen molar-refractivity contribution in [2.45, 2.75) is 19.0 Å². The smallest absolute Gasteiger partial charge is 0.221 e. The van der Waals surface area contributed by atoms with Gasteiger partial charge in [0.1, 0.15) is 5.75 Å². The third-order valence-corrected chi connectivity index (χ3v) is 4.88. The molecule has 1 unspecified atom stereocenters. The van der Waals surface area contributed by atoms with Crippen molar-refractivity contribution in [2.75, 3.05) is 27.7 Å². The van der Waals surface area contributed by atoms with Crippen molar-refractivity contribution in [3.63, 3.8) is 0 Å².